The molecule has 0 saturated heterocycles. The van der Waals surface area contributed by atoms with Crippen molar-refractivity contribution in [1.29, 1.82) is 0 Å². The highest BCUT2D eigenvalue weighted by Crippen LogP contribution is 2.49. The van der Waals surface area contributed by atoms with E-state index in [0.717, 1.165) is 44.9 Å². The van der Waals surface area contributed by atoms with E-state index in [-0.39, 0.29) is 0 Å². The van der Waals surface area contributed by atoms with Gasteiger partial charge in [0.15, 0.2) is 5.58 Å². The van der Waals surface area contributed by atoms with E-state index in [4.69, 9.17) is 4.42 Å². The van der Waals surface area contributed by atoms with Crippen molar-refractivity contribution in [3.05, 3.63) is 126 Å². The summed E-state index contributed by atoms with van der Waals surface area (Å²) in [6, 6.07) is 41.7. The largest absolute Gasteiger partial charge is 0.454 e. The van der Waals surface area contributed by atoms with Crippen molar-refractivity contribution in [3.8, 4) is 11.1 Å². The normalized spacial score (nSPS) is 18.3. The Hall–Kier alpha value is -4.30. The van der Waals surface area contributed by atoms with Gasteiger partial charge in [-0.25, -0.2) is 0 Å². The zero-order chi connectivity index (χ0) is 25.8. The number of rotatable bonds is 4. The molecule has 0 aliphatic heterocycles. The average Bonchev–Trinajstić information content (AvgIpc) is 3.11. The molecular formula is C37H31NO. The topological polar surface area (TPSA) is 16.4 Å². The number of hydrogen-bond acceptors (Lipinski definition) is 2. The summed E-state index contributed by atoms with van der Waals surface area (Å²) >= 11 is 0. The second-order valence-electron chi connectivity index (χ2n) is 11.2. The van der Waals surface area contributed by atoms with Crippen molar-refractivity contribution in [3.63, 3.8) is 0 Å². The summed E-state index contributed by atoms with van der Waals surface area (Å²) in [5.74, 6) is 1.46. The van der Waals surface area contributed by atoms with Gasteiger partial charge in [0.1, 0.15) is 5.58 Å². The Kier molecular flexibility index (Phi) is 5.33. The van der Waals surface area contributed by atoms with Crippen molar-refractivity contribution in [1.82, 2.24) is 0 Å². The first kappa shape index (κ1) is 22.7. The van der Waals surface area contributed by atoms with Crippen molar-refractivity contribution in [2.45, 2.75) is 43.9 Å². The molecule has 1 unspecified atom stereocenters. The number of nitrogens with zero attached hydrogens (tertiary/aromatic N) is 1. The summed E-state index contributed by atoms with van der Waals surface area (Å²) in [6.45, 7) is 0. The van der Waals surface area contributed by atoms with Crippen molar-refractivity contribution in [2.75, 3.05) is 4.90 Å². The van der Waals surface area contributed by atoms with E-state index in [1.54, 1.807) is 11.1 Å². The van der Waals surface area contributed by atoms with Crippen LogP contribution in [0.15, 0.2) is 120 Å². The second-order valence-corrected chi connectivity index (χ2v) is 11.2. The summed E-state index contributed by atoms with van der Waals surface area (Å²) in [5.41, 5.74) is 10.9. The van der Waals surface area contributed by atoms with Crippen molar-refractivity contribution in [2.24, 2.45) is 0 Å². The Balaban J connectivity index is 1.40. The van der Waals surface area contributed by atoms with Crippen LogP contribution in [0, 0.1) is 0 Å². The molecule has 190 valence electrons. The molecule has 1 fully saturated rings. The van der Waals surface area contributed by atoms with E-state index >= 15 is 0 Å². The van der Waals surface area contributed by atoms with Crippen LogP contribution in [-0.2, 0) is 0 Å². The Morgan fingerprint density at radius 1 is 0.538 bits per heavy atom. The molecule has 6 aromatic rings. The predicted octanol–water partition coefficient (Wildman–Crippen LogP) is 10.9. The van der Waals surface area contributed by atoms with Gasteiger partial charge in [0.2, 0.25) is 0 Å². The van der Waals surface area contributed by atoms with E-state index < -0.39 is 0 Å². The lowest BCUT2D eigenvalue weighted by atomic mass is 9.77. The van der Waals surface area contributed by atoms with Gasteiger partial charge >= 0.3 is 0 Å². The maximum absolute atomic E-state index is 6.60. The Bertz CT molecular complexity index is 1760. The summed E-state index contributed by atoms with van der Waals surface area (Å²) in [4.78, 5) is 2.33. The first-order chi connectivity index (χ1) is 19.3. The van der Waals surface area contributed by atoms with Gasteiger partial charge in [-0.2, -0.15) is 0 Å². The standard InChI is InChI=1S/C37H31NO/c1-3-12-29(13-4-1)38(30-14-5-2-6-15-30)35-24-28(23-34-32-16-7-8-17-36(32)39-37(34)35)27-20-21-31-25-10-9-11-26(19-18-25)33(31)22-27/h1-8,12-17,20-26H,9-11,18-19H2/t25-,26?/m1/s1. The van der Waals surface area contributed by atoms with Gasteiger partial charge in [0.25, 0.3) is 0 Å². The van der Waals surface area contributed by atoms with Gasteiger partial charge in [-0.05, 0) is 102 Å². The molecule has 0 radical (unpaired) electrons. The fourth-order valence-corrected chi connectivity index (χ4v) is 7.13. The summed E-state index contributed by atoms with van der Waals surface area (Å²) < 4.78 is 6.60. The van der Waals surface area contributed by atoms with Crippen LogP contribution in [0.1, 0.15) is 55.1 Å². The zero-order valence-electron chi connectivity index (χ0n) is 22.0. The van der Waals surface area contributed by atoms with Gasteiger partial charge in [0, 0.05) is 22.1 Å². The monoisotopic (exact) mass is 505 g/mol. The van der Waals surface area contributed by atoms with E-state index in [1.165, 1.54) is 43.2 Å². The van der Waals surface area contributed by atoms with E-state index in [1.807, 2.05) is 0 Å². The highest BCUT2D eigenvalue weighted by atomic mass is 16.3. The minimum atomic E-state index is 0.710. The zero-order valence-corrected chi connectivity index (χ0v) is 22.0. The Morgan fingerprint density at radius 2 is 1.21 bits per heavy atom. The number of benzene rings is 5. The third kappa shape index (κ3) is 3.78. The molecule has 0 spiro atoms. The maximum atomic E-state index is 6.60. The smallest absolute Gasteiger partial charge is 0.159 e. The fraction of sp³-hybridized carbons (Fsp3) is 0.189. The number of hydrogen-bond donors (Lipinski definition) is 0. The highest BCUT2D eigenvalue weighted by molar-refractivity contribution is 6.12. The number of furan rings is 1. The van der Waals surface area contributed by atoms with Crippen molar-refractivity contribution < 1.29 is 4.42 Å². The van der Waals surface area contributed by atoms with Crippen LogP contribution >= 0.6 is 0 Å². The molecule has 3 aliphatic carbocycles. The quantitative estimate of drug-likeness (QED) is 0.237. The predicted molar refractivity (Wildman–Crippen MR) is 162 cm³/mol. The molecule has 9 rings (SSSR count). The number of para-hydroxylation sites is 3. The number of anilines is 3. The summed E-state index contributed by atoms with van der Waals surface area (Å²) in [7, 11) is 0. The molecule has 1 saturated carbocycles. The van der Waals surface area contributed by atoms with E-state index in [0.29, 0.717) is 5.92 Å². The molecule has 2 bridgehead atoms. The molecule has 2 nitrogen and oxygen atoms in total. The first-order valence-corrected chi connectivity index (χ1v) is 14.3. The molecule has 5 aromatic carbocycles. The molecule has 2 heteroatoms. The first-order valence-electron chi connectivity index (χ1n) is 14.3. The SMILES string of the molecule is c1ccc(N(c2ccccc2)c2cc(-c3ccc4c(c3)C3CCC[C@@H]4CC3)cc3c2oc2ccccc23)cc1. The molecule has 2 atom stereocenters. The molecule has 0 amide bonds. The van der Waals surface area contributed by atoms with E-state index in [2.05, 4.69) is 120 Å². The van der Waals surface area contributed by atoms with E-state index in [9.17, 15) is 0 Å². The third-order valence-electron chi connectivity index (χ3n) is 9.00. The fourth-order valence-electron chi connectivity index (χ4n) is 7.13. The van der Waals surface area contributed by atoms with Gasteiger partial charge in [0.05, 0.1) is 5.69 Å². The van der Waals surface area contributed by atoms with Crippen LogP contribution in [0.25, 0.3) is 33.1 Å². The van der Waals surface area contributed by atoms with Crippen LogP contribution in [0.2, 0.25) is 0 Å². The number of fused-ring (bicyclic) bond motifs is 6. The highest BCUT2D eigenvalue weighted by Gasteiger charge is 2.30. The maximum Gasteiger partial charge on any atom is 0.159 e. The molecule has 1 heterocycles. The molecular weight excluding hydrogens is 474 g/mol. The Labute approximate surface area is 229 Å². The van der Waals surface area contributed by atoms with Crippen molar-refractivity contribution >= 4 is 39.0 Å². The van der Waals surface area contributed by atoms with Gasteiger partial charge < -0.3 is 9.32 Å². The lowest BCUT2D eigenvalue weighted by molar-refractivity contribution is 0.527. The third-order valence-corrected chi connectivity index (χ3v) is 9.00. The van der Waals surface area contributed by atoms with Gasteiger partial charge in [-0.1, -0.05) is 79.2 Å². The lowest BCUT2D eigenvalue weighted by Crippen LogP contribution is -2.11. The van der Waals surface area contributed by atoms with Gasteiger partial charge in [-0.15, -0.1) is 0 Å². The molecule has 39 heavy (non-hydrogen) atoms. The van der Waals surface area contributed by atoms with Crippen LogP contribution in [0.5, 0.6) is 0 Å². The van der Waals surface area contributed by atoms with Crippen LogP contribution in [0.4, 0.5) is 17.1 Å². The minimum absolute atomic E-state index is 0.710. The second kappa shape index (κ2) is 9.17. The minimum Gasteiger partial charge on any atom is -0.454 e. The molecule has 1 aromatic heterocycles. The summed E-state index contributed by atoms with van der Waals surface area (Å²) in [6.07, 6.45) is 6.74. The van der Waals surface area contributed by atoms with Crippen LogP contribution in [0.3, 0.4) is 0 Å². The lowest BCUT2D eigenvalue weighted by Gasteiger charge is -2.28. The molecule has 3 aliphatic rings. The average molecular weight is 506 g/mol. The van der Waals surface area contributed by atoms with Gasteiger partial charge in [-0.3, -0.25) is 0 Å². The summed E-state index contributed by atoms with van der Waals surface area (Å²) in [5, 5.41) is 2.32. The van der Waals surface area contributed by atoms with Crippen LogP contribution in [-0.4, -0.2) is 0 Å². The van der Waals surface area contributed by atoms with Crippen LogP contribution < -0.4 is 4.90 Å². The molecule has 0 N–H and O–H groups in total. The Morgan fingerprint density at radius 3 is 1.95 bits per heavy atom.